The highest BCUT2D eigenvalue weighted by atomic mass is 16.8. The van der Waals surface area contributed by atoms with Crippen molar-refractivity contribution in [1.29, 1.82) is 0 Å². The van der Waals surface area contributed by atoms with Gasteiger partial charge < -0.3 is 19.3 Å². The molecule has 0 radical (unpaired) electrons. The molecule has 8 atom stereocenters. The summed E-state index contributed by atoms with van der Waals surface area (Å²) < 4.78 is 23.0. The fourth-order valence-corrected chi connectivity index (χ4v) is 6.45. The van der Waals surface area contributed by atoms with E-state index in [1.54, 1.807) is 12.2 Å². The SMILES string of the molecule is C=CC(=C)CCC1(C)C(C)CC(O)C23C(=CC(OC(=O)CCC)CC12)C(OC(C)=O)OC3OC(C)=O. The Balaban J connectivity index is 2.18. The molecule has 1 aliphatic heterocycles. The molecule has 36 heavy (non-hydrogen) atoms. The third-order valence-electron chi connectivity index (χ3n) is 8.41. The fraction of sp³-hybridized carbons (Fsp3) is 0.679. The van der Waals surface area contributed by atoms with Gasteiger partial charge in [-0.15, -0.1) is 0 Å². The Kier molecular flexibility index (Phi) is 8.51. The molecule has 2 aliphatic carbocycles. The van der Waals surface area contributed by atoms with Gasteiger partial charge in [0.1, 0.15) is 6.10 Å². The number of rotatable bonds is 9. The molecule has 0 amide bonds. The number of esters is 3. The standard InChI is InChI=1S/C28H40O8/c1-8-10-24(32)35-20-14-21-25(33-18(5)29)36-26(34-19(6)30)28(21)22(15-20)27(7,12-11-16(3)9-2)17(4)13-23(28)31/h9,14,17,20,22-23,25-26,31H,2-3,8,10-13,15H2,1,4-7H3. The molecular weight excluding hydrogens is 464 g/mol. The van der Waals surface area contributed by atoms with Crippen molar-refractivity contribution in [1.82, 2.24) is 0 Å². The van der Waals surface area contributed by atoms with E-state index >= 15 is 0 Å². The van der Waals surface area contributed by atoms with Crippen LogP contribution in [0.5, 0.6) is 0 Å². The minimum Gasteiger partial charge on any atom is -0.458 e. The van der Waals surface area contributed by atoms with Crippen LogP contribution < -0.4 is 0 Å². The summed E-state index contributed by atoms with van der Waals surface area (Å²) in [5, 5.41) is 11.7. The van der Waals surface area contributed by atoms with Crippen LogP contribution in [-0.4, -0.2) is 47.8 Å². The van der Waals surface area contributed by atoms with Crippen LogP contribution in [0.15, 0.2) is 36.5 Å². The zero-order valence-corrected chi connectivity index (χ0v) is 22.1. The predicted molar refractivity (Wildman–Crippen MR) is 132 cm³/mol. The Hall–Kier alpha value is -2.45. The minimum absolute atomic E-state index is 0.0813. The Morgan fingerprint density at radius 2 is 1.83 bits per heavy atom. The maximum Gasteiger partial charge on any atom is 0.306 e. The number of carbonyl (C=O) groups excluding carboxylic acids is 3. The van der Waals surface area contributed by atoms with Crippen LogP contribution in [-0.2, 0) is 33.3 Å². The van der Waals surface area contributed by atoms with Crippen LogP contribution in [0.2, 0.25) is 0 Å². The molecule has 0 bridgehead atoms. The summed E-state index contributed by atoms with van der Waals surface area (Å²) in [6.07, 6.45) is 2.79. The molecule has 1 saturated carbocycles. The largest absolute Gasteiger partial charge is 0.458 e. The lowest BCUT2D eigenvalue weighted by Gasteiger charge is -2.60. The first-order valence-corrected chi connectivity index (χ1v) is 12.8. The number of hydrogen-bond donors (Lipinski definition) is 1. The van der Waals surface area contributed by atoms with E-state index in [4.69, 9.17) is 18.9 Å². The van der Waals surface area contributed by atoms with Crippen molar-refractivity contribution in [3.05, 3.63) is 36.5 Å². The smallest absolute Gasteiger partial charge is 0.306 e. The van der Waals surface area contributed by atoms with Crippen LogP contribution in [0.1, 0.15) is 73.1 Å². The van der Waals surface area contributed by atoms with Crippen LogP contribution in [0.25, 0.3) is 0 Å². The van der Waals surface area contributed by atoms with E-state index in [-0.39, 0.29) is 29.6 Å². The second kappa shape index (κ2) is 10.9. The third kappa shape index (κ3) is 5.02. The molecular formula is C28H40O8. The average molecular weight is 505 g/mol. The lowest BCUT2D eigenvalue weighted by atomic mass is 9.45. The van der Waals surface area contributed by atoms with Crippen molar-refractivity contribution in [2.45, 2.75) is 97.9 Å². The van der Waals surface area contributed by atoms with Gasteiger partial charge in [0.15, 0.2) is 0 Å². The Morgan fingerprint density at radius 1 is 1.17 bits per heavy atom. The molecule has 0 aromatic rings. The zero-order valence-electron chi connectivity index (χ0n) is 22.1. The summed E-state index contributed by atoms with van der Waals surface area (Å²) in [6, 6.07) is 0. The van der Waals surface area contributed by atoms with Crippen molar-refractivity contribution in [2.24, 2.45) is 22.7 Å². The first-order valence-electron chi connectivity index (χ1n) is 12.8. The van der Waals surface area contributed by atoms with Gasteiger partial charge in [-0.3, -0.25) is 19.1 Å². The summed E-state index contributed by atoms with van der Waals surface area (Å²) in [5.74, 6) is -1.70. The highest BCUT2D eigenvalue weighted by Crippen LogP contribution is 2.67. The third-order valence-corrected chi connectivity index (χ3v) is 8.41. The molecule has 0 aromatic heterocycles. The van der Waals surface area contributed by atoms with Gasteiger partial charge in [0.05, 0.1) is 11.5 Å². The van der Waals surface area contributed by atoms with Crippen LogP contribution in [0, 0.1) is 22.7 Å². The van der Waals surface area contributed by atoms with E-state index in [1.165, 1.54) is 13.8 Å². The highest BCUT2D eigenvalue weighted by Gasteiger charge is 2.71. The average Bonchev–Trinajstić information content (AvgIpc) is 3.08. The van der Waals surface area contributed by atoms with Crippen molar-refractivity contribution in [3.63, 3.8) is 0 Å². The number of aliphatic hydroxyl groups is 1. The van der Waals surface area contributed by atoms with Gasteiger partial charge in [-0.2, -0.15) is 0 Å². The van der Waals surface area contributed by atoms with Gasteiger partial charge >= 0.3 is 17.9 Å². The number of ether oxygens (including phenoxy) is 4. The van der Waals surface area contributed by atoms with Crippen LogP contribution in [0.4, 0.5) is 0 Å². The van der Waals surface area contributed by atoms with E-state index in [9.17, 15) is 19.5 Å². The molecule has 1 spiro atoms. The van der Waals surface area contributed by atoms with Gasteiger partial charge in [-0.1, -0.05) is 45.6 Å². The molecule has 8 nitrogen and oxygen atoms in total. The van der Waals surface area contributed by atoms with E-state index in [2.05, 4.69) is 27.0 Å². The first-order chi connectivity index (χ1) is 16.9. The van der Waals surface area contributed by atoms with Crippen molar-refractivity contribution >= 4 is 17.9 Å². The Bertz CT molecular complexity index is 938. The summed E-state index contributed by atoms with van der Waals surface area (Å²) in [6.45, 7) is 16.6. The summed E-state index contributed by atoms with van der Waals surface area (Å²) in [4.78, 5) is 36.6. The number of aliphatic hydroxyl groups excluding tert-OH is 1. The number of carbonyl (C=O) groups is 3. The lowest BCUT2D eigenvalue weighted by Crippen LogP contribution is -2.63. The topological polar surface area (TPSA) is 108 Å². The second-order valence-corrected chi connectivity index (χ2v) is 10.7. The van der Waals surface area contributed by atoms with E-state index < -0.39 is 42.1 Å². The van der Waals surface area contributed by atoms with Gasteiger partial charge in [0, 0.05) is 25.8 Å². The Morgan fingerprint density at radius 3 is 2.42 bits per heavy atom. The highest BCUT2D eigenvalue weighted by molar-refractivity contribution is 5.70. The first kappa shape index (κ1) is 28.1. The minimum atomic E-state index is -1.17. The van der Waals surface area contributed by atoms with Crippen LogP contribution >= 0.6 is 0 Å². The van der Waals surface area contributed by atoms with Crippen molar-refractivity contribution in [2.75, 3.05) is 0 Å². The fourth-order valence-electron chi connectivity index (χ4n) is 6.45. The molecule has 8 unspecified atom stereocenters. The monoisotopic (exact) mass is 504 g/mol. The molecule has 1 heterocycles. The molecule has 1 saturated heterocycles. The van der Waals surface area contributed by atoms with Crippen molar-refractivity contribution < 1.29 is 38.4 Å². The Labute approximate surface area is 213 Å². The molecule has 0 aromatic carbocycles. The summed E-state index contributed by atoms with van der Waals surface area (Å²) in [7, 11) is 0. The summed E-state index contributed by atoms with van der Waals surface area (Å²) in [5.41, 5.74) is -0.149. The number of hydrogen-bond acceptors (Lipinski definition) is 8. The molecule has 8 heteroatoms. The maximum atomic E-state index is 12.5. The van der Waals surface area contributed by atoms with Gasteiger partial charge in [0.2, 0.25) is 12.6 Å². The van der Waals surface area contributed by atoms with Crippen LogP contribution in [0.3, 0.4) is 0 Å². The molecule has 3 aliphatic rings. The molecule has 2 fully saturated rings. The molecule has 200 valence electrons. The van der Waals surface area contributed by atoms with Crippen molar-refractivity contribution in [3.8, 4) is 0 Å². The second-order valence-electron chi connectivity index (χ2n) is 10.7. The summed E-state index contributed by atoms with van der Waals surface area (Å²) >= 11 is 0. The van der Waals surface area contributed by atoms with Gasteiger partial charge in [-0.25, -0.2) is 0 Å². The zero-order chi connectivity index (χ0) is 26.8. The van der Waals surface area contributed by atoms with Gasteiger partial charge in [0.25, 0.3) is 0 Å². The van der Waals surface area contributed by atoms with E-state index in [0.29, 0.717) is 31.3 Å². The maximum absolute atomic E-state index is 12.5. The predicted octanol–water partition coefficient (Wildman–Crippen LogP) is 4.37. The normalized spacial score (nSPS) is 37.1. The molecule has 1 N–H and O–H groups in total. The van der Waals surface area contributed by atoms with Gasteiger partial charge in [-0.05, 0) is 55.4 Å². The molecule has 3 rings (SSSR count). The van der Waals surface area contributed by atoms with E-state index in [1.807, 2.05) is 6.92 Å². The lowest BCUT2D eigenvalue weighted by molar-refractivity contribution is -0.254. The quantitative estimate of drug-likeness (QED) is 0.213. The van der Waals surface area contributed by atoms with E-state index in [0.717, 1.165) is 12.0 Å². The number of allylic oxidation sites excluding steroid dienone is 2.